The van der Waals surface area contributed by atoms with Gasteiger partial charge in [0.05, 0.1) is 11.8 Å². The Balaban J connectivity index is 2.66. The van der Waals surface area contributed by atoms with Gasteiger partial charge < -0.3 is 15.3 Å². The number of rotatable bonds is 2. The Hall–Kier alpha value is -2.30. The molecule has 1 amide bonds. The molecule has 0 saturated carbocycles. The Labute approximate surface area is 84.4 Å². The van der Waals surface area contributed by atoms with Crippen molar-refractivity contribution in [3.05, 3.63) is 35.8 Å². The number of primary amides is 1. The number of carbonyl (C=O) groups is 2. The zero-order valence-corrected chi connectivity index (χ0v) is 7.56. The first-order valence-corrected chi connectivity index (χ1v) is 4.14. The molecule has 0 saturated heterocycles. The van der Waals surface area contributed by atoms with Gasteiger partial charge >= 0.3 is 5.97 Å². The van der Waals surface area contributed by atoms with Crippen molar-refractivity contribution in [2.45, 2.75) is 0 Å². The Bertz CT molecular complexity index is 514. The van der Waals surface area contributed by atoms with Crippen molar-refractivity contribution in [3.63, 3.8) is 0 Å². The highest BCUT2D eigenvalue weighted by atomic mass is 16.4. The number of carbonyl (C=O) groups excluding carboxylic acids is 1. The maximum Gasteiger partial charge on any atom is 0.336 e. The van der Waals surface area contributed by atoms with Crippen LogP contribution in [0.3, 0.4) is 0 Å². The first-order chi connectivity index (χ1) is 7.09. The third-order valence-electron chi connectivity index (χ3n) is 2.09. The van der Waals surface area contributed by atoms with Gasteiger partial charge in [0, 0.05) is 11.1 Å². The predicted molar refractivity (Wildman–Crippen MR) is 50.8 cm³/mol. The van der Waals surface area contributed by atoms with E-state index in [1.165, 1.54) is 18.4 Å². The number of hydrogen-bond donors (Lipinski definition) is 2. The summed E-state index contributed by atoms with van der Waals surface area (Å²) < 4.78 is 4.93. The molecule has 5 heteroatoms. The predicted octanol–water partition coefficient (Wildman–Crippen LogP) is 1.18. The number of carboxylic acid groups (broad SMARTS) is 1. The topological polar surface area (TPSA) is 93.5 Å². The monoisotopic (exact) mass is 205 g/mol. The van der Waals surface area contributed by atoms with Crippen LogP contribution in [0.25, 0.3) is 11.1 Å². The molecule has 76 valence electrons. The Kier molecular flexibility index (Phi) is 1.93. The lowest BCUT2D eigenvalue weighted by Crippen LogP contribution is -2.11. The van der Waals surface area contributed by atoms with Crippen molar-refractivity contribution < 1.29 is 19.1 Å². The van der Waals surface area contributed by atoms with Crippen LogP contribution in [-0.2, 0) is 0 Å². The van der Waals surface area contributed by atoms with E-state index in [-0.39, 0.29) is 11.3 Å². The third-order valence-corrected chi connectivity index (χ3v) is 2.09. The molecule has 0 fully saturated rings. The summed E-state index contributed by atoms with van der Waals surface area (Å²) in [6.45, 7) is 0. The molecule has 0 unspecified atom stereocenters. The van der Waals surface area contributed by atoms with E-state index in [2.05, 4.69) is 0 Å². The number of fused-ring (bicyclic) bond motifs is 1. The molecule has 0 aromatic carbocycles. The maximum atomic E-state index is 10.8. The number of aromatic carboxylic acids is 1. The fraction of sp³-hybridized carbons (Fsp3) is 0. The van der Waals surface area contributed by atoms with E-state index in [0.717, 1.165) is 0 Å². The molecule has 15 heavy (non-hydrogen) atoms. The van der Waals surface area contributed by atoms with Crippen molar-refractivity contribution in [2.24, 2.45) is 5.73 Å². The summed E-state index contributed by atoms with van der Waals surface area (Å²) in [4.78, 5) is 21.6. The van der Waals surface area contributed by atoms with Crippen LogP contribution in [0.2, 0.25) is 0 Å². The molecule has 0 bridgehead atoms. The zero-order valence-electron chi connectivity index (χ0n) is 7.56. The largest absolute Gasteiger partial charge is 0.478 e. The lowest BCUT2D eigenvalue weighted by molar-refractivity contribution is 0.0697. The molecule has 0 atom stereocenters. The van der Waals surface area contributed by atoms with Gasteiger partial charge in [-0.1, -0.05) is 6.07 Å². The van der Waals surface area contributed by atoms with Crippen LogP contribution in [0.15, 0.2) is 28.9 Å². The second kappa shape index (κ2) is 3.13. The summed E-state index contributed by atoms with van der Waals surface area (Å²) in [7, 11) is 0. The van der Waals surface area contributed by atoms with Gasteiger partial charge in [-0.25, -0.2) is 4.79 Å². The van der Waals surface area contributed by atoms with Crippen LogP contribution in [-0.4, -0.2) is 17.0 Å². The standard InChI is InChI=1S/C10H7NO4/c11-9(12)8-3-7-5(4-15-8)1-2-6(7)10(13)14/h1-4H,(H2,11,12)(H,13,14). The van der Waals surface area contributed by atoms with Crippen molar-refractivity contribution in [2.75, 3.05) is 0 Å². The van der Waals surface area contributed by atoms with E-state index in [9.17, 15) is 9.59 Å². The van der Waals surface area contributed by atoms with Crippen LogP contribution in [0, 0.1) is 0 Å². The molecule has 1 aliphatic carbocycles. The molecule has 0 spiro atoms. The highest BCUT2D eigenvalue weighted by molar-refractivity contribution is 5.99. The van der Waals surface area contributed by atoms with E-state index in [0.29, 0.717) is 11.1 Å². The summed E-state index contributed by atoms with van der Waals surface area (Å²) in [5.41, 5.74) is 6.22. The van der Waals surface area contributed by atoms with Gasteiger partial charge in [-0.3, -0.25) is 4.79 Å². The lowest BCUT2D eigenvalue weighted by Gasteiger charge is -2.01. The van der Waals surface area contributed by atoms with E-state index in [1.807, 2.05) is 0 Å². The summed E-state index contributed by atoms with van der Waals surface area (Å²) >= 11 is 0. The highest BCUT2D eigenvalue weighted by Gasteiger charge is 2.17. The molecule has 0 aromatic rings. The minimum atomic E-state index is -1.05. The first-order valence-electron chi connectivity index (χ1n) is 4.14. The van der Waals surface area contributed by atoms with E-state index < -0.39 is 11.9 Å². The molecule has 2 rings (SSSR count). The van der Waals surface area contributed by atoms with E-state index in [1.54, 1.807) is 6.07 Å². The smallest absolute Gasteiger partial charge is 0.336 e. The van der Waals surface area contributed by atoms with Crippen LogP contribution >= 0.6 is 0 Å². The fourth-order valence-corrected chi connectivity index (χ4v) is 1.38. The highest BCUT2D eigenvalue weighted by Crippen LogP contribution is 2.28. The van der Waals surface area contributed by atoms with Crippen molar-refractivity contribution in [1.82, 2.24) is 0 Å². The van der Waals surface area contributed by atoms with E-state index in [4.69, 9.17) is 15.3 Å². The van der Waals surface area contributed by atoms with Crippen molar-refractivity contribution in [1.29, 1.82) is 0 Å². The molecular weight excluding hydrogens is 198 g/mol. The van der Waals surface area contributed by atoms with Crippen LogP contribution in [0.1, 0.15) is 20.9 Å². The van der Waals surface area contributed by atoms with Crippen LogP contribution in [0.4, 0.5) is 0 Å². The van der Waals surface area contributed by atoms with Gasteiger partial charge in [-0.15, -0.1) is 0 Å². The molecule has 0 radical (unpaired) electrons. The molecule has 1 heterocycles. The third kappa shape index (κ3) is 1.43. The number of carboxylic acids is 1. The summed E-state index contributed by atoms with van der Waals surface area (Å²) in [6, 6.07) is 4.39. The van der Waals surface area contributed by atoms with Crippen molar-refractivity contribution >= 4 is 11.9 Å². The molecule has 1 aliphatic heterocycles. The maximum absolute atomic E-state index is 10.8. The van der Waals surface area contributed by atoms with Gasteiger partial charge in [-0.05, 0) is 12.1 Å². The average molecular weight is 205 g/mol. The van der Waals surface area contributed by atoms with Gasteiger partial charge in [0.2, 0.25) is 0 Å². The SMILES string of the molecule is NC(=O)c1cc2c(C(=O)O)ccc-2co1. The quantitative estimate of drug-likeness (QED) is 0.769. The fourth-order valence-electron chi connectivity index (χ4n) is 1.38. The van der Waals surface area contributed by atoms with Gasteiger partial charge in [0.1, 0.15) is 0 Å². The molecule has 3 N–H and O–H groups in total. The molecule has 0 aromatic heterocycles. The average Bonchev–Trinajstić information content (AvgIpc) is 2.59. The molecule has 5 nitrogen and oxygen atoms in total. The Morgan fingerprint density at radius 1 is 1.33 bits per heavy atom. The number of hydrogen-bond acceptors (Lipinski definition) is 3. The van der Waals surface area contributed by atoms with Crippen molar-refractivity contribution in [3.8, 4) is 11.1 Å². The number of amides is 1. The minimum Gasteiger partial charge on any atom is -0.478 e. The molecular formula is C10H7NO4. The second-order valence-corrected chi connectivity index (χ2v) is 3.03. The first kappa shape index (κ1) is 9.26. The van der Waals surface area contributed by atoms with E-state index >= 15 is 0 Å². The molecule has 2 aliphatic rings. The zero-order chi connectivity index (χ0) is 11.0. The summed E-state index contributed by atoms with van der Waals surface area (Å²) in [5.74, 6) is -1.84. The van der Waals surface area contributed by atoms with Gasteiger partial charge in [0.15, 0.2) is 5.76 Å². The Morgan fingerprint density at radius 2 is 2.07 bits per heavy atom. The van der Waals surface area contributed by atoms with Gasteiger partial charge in [0.25, 0.3) is 5.91 Å². The minimum absolute atomic E-state index is 0.0591. The summed E-state index contributed by atoms with van der Waals surface area (Å²) in [6.07, 6.45) is 1.31. The second-order valence-electron chi connectivity index (χ2n) is 3.03. The summed E-state index contributed by atoms with van der Waals surface area (Å²) in [5, 5.41) is 8.85. The number of nitrogens with two attached hydrogens (primary N) is 1. The van der Waals surface area contributed by atoms with Crippen LogP contribution < -0.4 is 5.73 Å². The Morgan fingerprint density at radius 3 is 2.67 bits per heavy atom. The van der Waals surface area contributed by atoms with Crippen LogP contribution in [0.5, 0.6) is 0 Å². The van der Waals surface area contributed by atoms with Gasteiger partial charge in [-0.2, -0.15) is 0 Å². The lowest BCUT2D eigenvalue weighted by atomic mass is 10.1. The normalized spacial score (nSPS) is 10.4.